The van der Waals surface area contributed by atoms with E-state index in [2.05, 4.69) is 12.1 Å². The molecular weight excluding hydrogens is 279 g/mol. The van der Waals surface area contributed by atoms with Crippen LogP contribution in [-0.4, -0.2) is 5.11 Å². The molecule has 0 heterocycles. The van der Waals surface area contributed by atoms with Crippen LogP contribution in [0.4, 0.5) is 0 Å². The number of benzene rings is 2. The van der Waals surface area contributed by atoms with Crippen LogP contribution >= 0.6 is 23.2 Å². The molecule has 1 N–H and O–H groups in total. The van der Waals surface area contributed by atoms with Gasteiger partial charge in [-0.2, -0.15) is 0 Å². The quantitative estimate of drug-likeness (QED) is 0.827. The van der Waals surface area contributed by atoms with Gasteiger partial charge in [0.2, 0.25) is 0 Å². The van der Waals surface area contributed by atoms with E-state index in [0.717, 1.165) is 12.0 Å². The van der Waals surface area contributed by atoms with Crippen LogP contribution in [0.2, 0.25) is 10.0 Å². The summed E-state index contributed by atoms with van der Waals surface area (Å²) < 4.78 is 0. The molecule has 1 aliphatic carbocycles. The molecule has 0 radical (unpaired) electrons. The molecule has 0 aromatic heterocycles. The number of aryl methyl sites for hydroxylation is 1. The molecule has 3 heteroatoms. The van der Waals surface area contributed by atoms with Gasteiger partial charge in [0.15, 0.2) is 0 Å². The lowest BCUT2D eigenvalue weighted by molar-refractivity contribution is 0.0224. The van der Waals surface area contributed by atoms with Crippen LogP contribution in [0.3, 0.4) is 0 Å². The maximum Gasteiger partial charge on any atom is 0.0954 e. The normalized spacial score (nSPS) is 22.1. The molecule has 19 heavy (non-hydrogen) atoms. The van der Waals surface area contributed by atoms with Crippen molar-refractivity contribution in [2.75, 3.05) is 0 Å². The first-order valence-electron chi connectivity index (χ1n) is 6.33. The maximum absolute atomic E-state index is 11.0. The highest BCUT2D eigenvalue weighted by Crippen LogP contribution is 2.40. The standard InChI is InChI=1S/C16H14Cl2O/c17-13-5-6-15(18)14(9-13)16(19)8-7-11-3-1-2-4-12(11)10-16/h1-6,9,19H,7-8,10H2. The molecule has 1 aliphatic rings. The van der Waals surface area contributed by atoms with Gasteiger partial charge in [0.05, 0.1) is 5.60 Å². The van der Waals surface area contributed by atoms with Gasteiger partial charge >= 0.3 is 0 Å². The van der Waals surface area contributed by atoms with Crippen molar-refractivity contribution in [3.63, 3.8) is 0 Å². The number of rotatable bonds is 1. The fourth-order valence-electron chi connectivity index (χ4n) is 2.80. The van der Waals surface area contributed by atoms with Crippen molar-refractivity contribution in [1.29, 1.82) is 0 Å². The topological polar surface area (TPSA) is 20.2 Å². The lowest BCUT2D eigenvalue weighted by Crippen LogP contribution is -2.33. The number of hydrogen-bond donors (Lipinski definition) is 1. The Morgan fingerprint density at radius 2 is 1.74 bits per heavy atom. The number of aliphatic hydroxyl groups is 1. The Kier molecular flexibility index (Phi) is 3.30. The van der Waals surface area contributed by atoms with Crippen LogP contribution in [0, 0.1) is 0 Å². The molecule has 1 unspecified atom stereocenters. The maximum atomic E-state index is 11.0. The van der Waals surface area contributed by atoms with E-state index in [-0.39, 0.29) is 0 Å². The molecule has 2 aromatic rings. The molecule has 3 rings (SSSR count). The van der Waals surface area contributed by atoms with Crippen LogP contribution in [0.1, 0.15) is 23.1 Å². The van der Waals surface area contributed by atoms with Gasteiger partial charge in [-0.1, -0.05) is 47.5 Å². The number of hydrogen-bond acceptors (Lipinski definition) is 1. The molecule has 0 amide bonds. The molecule has 0 aliphatic heterocycles. The average molecular weight is 293 g/mol. The highest BCUT2D eigenvalue weighted by molar-refractivity contribution is 6.33. The summed E-state index contributed by atoms with van der Waals surface area (Å²) in [6.45, 7) is 0. The van der Waals surface area contributed by atoms with Crippen molar-refractivity contribution in [3.8, 4) is 0 Å². The van der Waals surface area contributed by atoms with Crippen LogP contribution in [0.5, 0.6) is 0 Å². The van der Waals surface area contributed by atoms with Crippen molar-refractivity contribution < 1.29 is 5.11 Å². The summed E-state index contributed by atoms with van der Waals surface area (Å²) in [6, 6.07) is 13.5. The van der Waals surface area contributed by atoms with Gasteiger partial charge < -0.3 is 5.11 Å². The molecule has 0 fully saturated rings. The third kappa shape index (κ3) is 2.38. The van der Waals surface area contributed by atoms with E-state index in [4.69, 9.17) is 23.2 Å². The first-order valence-corrected chi connectivity index (χ1v) is 7.09. The minimum atomic E-state index is -0.920. The summed E-state index contributed by atoms with van der Waals surface area (Å²) in [5, 5.41) is 12.1. The minimum absolute atomic E-state index is 0.575. The zero-order valence-electron chi connectivity index (χ0n) is 10.4. The van der Waals surface area contributed by atoms with E-state index in [0.29, 0.717) is 22.9 Å². The summed E-state index contributed by atoms with van der Waals surface area (Å²) in [5.41, 5.74) is 2.31. The van der Waals surface area contributed by atoms with Crippen LogP contribution in [0.15, 0.2) is 42.5 Å². The van der Waals surface area contributed by atoms with Crippen molar-refractivity contribution >= 4 is 23.2 Å². The predicted molar refractivity (Wildman–Crippen MR) is 78.8 cm³/mol. The molecule has 0 bridgehead atoms. The molecule has 98 valence electrons. The lowest BCUT2D eigenvalue weighted by Gasteiger charge is -2.34. The fraction of sp³-hybridized carbons (Fsp3) is 0.250. The molecule has 0 saturated carbocycles. The molecule has 1 atom stereocenters. The van der Waals surface area contributed by atoms with E-state index in [1.807, 2.05) is 12.1 Å². The fourth-order valence-corrected chi connectivity index (χ4v) is 3.27. The third-order valence-electron chi connectivity index (χ3n) is 3.84. The number of halogens is 2. The Morgan fingerprint density at radius 1 is 1.00 bits per heavy atom. The van der Waals surface area contributed by atoms with Crippen molar-refractivity contribution in [3.05, 3.63) is 69.2 Å². The van der Waals surface area contributed by atoms with Crippen LogP contribution in [0.25, 0.3) is 0 Å². The smallest absolute Gasteiger partial charge is 0.0954 e. The van der Waals surface area contributed by atoms with Gasteiger partial charge in [-0.05, 0) is 42.2 Å². The second-order valence-electron chi connectivity index (χ2n) is 5.10. The Bertz CT molecular complexity index is 624. The average Bonchev–Trinajstić information content (AvgIpc) is 2.41. The second kappa shape index (κ2) is 4.82. The predicted octanol–water partition coefficient (Wildman–Crippen LogP) is 4.37. The van der Waals surface area contributed by atoms with Gasteiger partial charge in [-0.3, -0.25) is 0 Å². The Balaban J connectivity index is 2.04. The van der Waals surface area contributed by atoms with Gasteiger partial charge in [0.25, 0.3) is 0 Å². The molecular formula is C16H14Cl2O. The first-order chi connectivity index (χ1) is 9.08. The summed E-state index contributed by atoms with van der Waals surface area (Å²) in [6.07, 6.45) is 2.11. The molecule has 2 aromatic carbocycles. The largest absolute Gasteiger partial charge is 0.385 e. The van der Waals surface area contributed by atoms with E-state index >= 15 is 0 Å². The monoisotopic (exact) mass is 292 g/mol. The van der Waals surface area contributed by atoms with Gasteiger partial charge in [0.1, 0.15) is 0 Å². The van der Waals surface area contributed by atoms with E-state index < -0.39 is 5.60 Å². The second-order valence-corrected chi connectivity index (χ2v) is 5.94. The highest BCUT2D eigenvalue weighted by Gasteiger charge is 2.35. The SMILES string of the molecule is OC1(c2cc(Cl)ccc2Cl)CCc2ccccc2C1. The highest BCUT2D eigenvalue weighted by atomic mass is 35.5. The third-order valence-corrected chi connectivity index (χ3v) is 4.40. The van der Waals surface area contributed by atoms with Gasteiger partial charge in [0, 0.05) is 22.0 Å². The van der Waals surface area contributed by atoms with E-state index in [1.54, 1.807) is 18.2 Å². The minimum Gasteiger partial charge on any atom is -0.385 e. The summed E-state index contributed by atoms with van der Waals surface area (Å²) in [7, 11) is 0. The van der Waals surface area contributed by atoms with E-state index in [9.17, 15) is 5.11 Å². The van der Waals surface area contributed by atoms with Crippen LogP contribution in [-0.2, 0) is 18.4 Å². The molecule has 1 nitrogen and oxygen atoms in total. The zero-order valence-corrected chi connectivity index (χ0v) is 11.9. The van der Waals surface area contributed by atoms with E-state index in [1.165, 1.54) is 11.1 Å². The zero-order chi connectivity index (χ0) is 13.5. The van der Waals surface area contributed by atoms with Crippen LogP contribution < -0.4 is 0 Å². The Labute approximate surface area is 122 Å². The molecule has 0 spiro atoms. The molecule has 0 saturated heterocycles. The van der Waals surface area contributed by atoms with Crippen molar-refractivity contribution in [2.24, 2.45) is 0 Å². The van der Waals surface area contributed by atoms with Gasteiger partial charge in [-0.25, -0.2) is 0 Å². The van der Waals surface area contributed by atoms with Gasteiger partial charge in [-0.15, -0.1) is 0 Å². The van der Waals surface area contributed by atoms with Crippen molar-refractivity contribution in [1.82, 2.24) is 0 Å². The number of fused-ring (bicyclic) bond motifs is 1. The summed E-state index contributed by atoms with van der Waals surface area (Å²) in [5.74, 6) is 0. The first kappa shape index (κ1) is 13.0. The Morgan fingerprint density at radius 3 is 2.53 bits per heavy atom. The van der Waals surface area contributed by atoms with Crippen molar-refractivity contribution in [2.45, 2.75) is 24.9 Å². The lowest BCUT2D eigenvalue weighted by atomic mass is 9.76. The summed E-state index contributed by atoms with van der Waals surface area (Å²) >= 11 is 12.3. The summed E-state index contributed by atoms with van der Waals surface area (Å²) in [4.78, 5) is 0. The Hall–Kier alpha value is -1.02.